The van der Waals surface area contributed by atoms with Gasteiger partial charge in [-0.1, -0.05) is 19.1 Å². The highest BCUT2D eigenvalue weighted by Crippen LogP contribution is 2.26. The SMILES string of the molecule is CCC(c1ccc(O)cc1)N1CCN(CCC(=O)O)CC1. The van der Waals surface area contributed by atoms with Crippen LogP contribution in [-0.2, 0) is 4.79 Å². The van der Waals surface area contributed by atoms with E-state index in [1.165, 1.54) is 5.56 Å². The third-order valence-corrected chi connectivity index (χ3v) is 4.15. The maximum absolute atomic E-state index is 10.6. The minimum Gasteiger partial charge on any atom is -0.508 e. The van der Waals surface area contributed by atoms with Crippen LogP contribution in [0.4, 0.5) is 0 Å². The van der Waals surface area contributed by atoms with E-state index in [0.717, 1.165) is 32.6 Å². The molecule has 0 saturated carbocycles. The van der Waals surface area contributed by atoms with Gasteiger partial charge in [0.1, 0.15) is 5.75 Å². The number of carboxylic acids is 1. The Balaban J connectivity index is 1.90. The van der Waals surface area contributed by atoms with Crippen molar-refractivity contribution in [2.45, 2.75) is 25.8 Å². The molecule has 1 heterocycles. The molecule has 1 unspecified atom stereocenters. The highest BCUT2D eigenvalue weighted by Gasteiger charge is 2.23. The lowest BCUT2D eigenvalue weighted by Gasteiger charge is -2.39. The van der Waals surface area contributed by atoms with Crippen LogP contribution in [0.3, 0.4) is 0 Å². The van der Waals surface area contributed by atoms with Gasteiger partial charge in [-0.2, -0.15) is 0 Å². The summed E-state index contributed by atoms with van der Waals surface area (Å²) in [5.41, 5.74) is 1.23. The van der Waals surface area contributed by atoms with E-state index in [4.69, 9.17) is 5.11 Å². The quantitative estimate of drug-likeness (QED) is 0.839. The molecular formula is C16H24N2O3. The first-order valence-corrected chi connectivity index (χ1v) is 7.57. The van der Waals surface area contributed by atoms with Crippen molar-refractivity contribution in [2.75, 3.05) is 32.7 Å². The van der Waals surface area contributed by atoms with Gasteiger partial charge in [-0.15, -0.1) is 0 Å². The fourth-order valence-electron chi connectivity index (χ4n) is 2.95. The first kappa shape index (κ1) is 15.8. The normalized spacial score (nSPS) is 18.5. The number of carboxylic acid groups (broad SMARTS) is 1. The molecular weight excluding hydrogens is 268 g/mol. The summed E-state index contributed by atoms with van der Waals surface area (Å²) < 4.78 is 0. The topological polar surface area (TPSA) is 64.0 Å². The molecule has 1 aliphatic rings. The molecule has 5 heteroatoms. The summed E-state index contributed by atoms with van der Waals surface area (Å²) >= 11 is 0. The number of piperazine rings is 1. The van der Waals surface area contributed by atoms with Gasteiger partial charge in [-0.25, -0.2) is 0 Å². The van der Waals surface area contributed by atoms with Crippen molar-refractivity contribution in [3.05, 3.63) is 29.8 Å². The number of aliphatic carboxylic acids is 1. The molecule has 0 aliphatic carbocycles. The lowest BCUT2D eigenvalue weighted by atomic mass is 10.0. The Hall–Kier alpha value is -1.59. The second kappa shape index (κ2) is 7.43. The molecule has 2 rings (SSSR count). The van der Waals surface area contributed by atoms with E-state index < -0.39 is 5.97 Å². The van der Waals surface area contributed by atoms with Crippen LogP contribution in [0.15, 0.2) is 24.3 Å². The summed E-state index contributed by atoms with van der Waals surface area (Å²) in [6.07, 6.45) is 1.25. The summed E-state index contributed by atoms with van der Waals surface area (Å²) in [4.78, 5) is 15.3. The van der Waals surface area contributed by atoms with Gasteiger partial charge in [0.2, 0.25) is 0 Å². The molecule has 21 heavy (non-hydrogen) atoms. The Morgan fingerprint density at radius 2 is 1.81 bits per heavy atom. The second-order valence-electron chi connectivity index (χ2n) is 5.54. The van der Waals surface area contributed by atoms with Gasteiger partial charge in [-0.3, -0.25) is 9.69 Å². The third kappa shape index (κ3) is 4.44. The molecule has 1 fully saturated rings. The summed E-state index contributed by atoms with van der Waals surface area (Å²) in [5, 5.41) is 18.1. The summed E-state index contributed by atoms with van der Waals surface area (Å²) in [7, 11) is 0. The Kier molecular flexibility index (Phi) is 5.59. The minimum absolute atomic E-state index is 0.217. The number of rotatable bonds is 6. The standard InChI is InChI=1S/C16H24N2O3/c1-2-15(13-3-5-14(19)6-4-13)18-11-9-17(10-12-18)8-7-16(20)21/h3-6,15,19H,2,7-12H2,1H3,(H,20,21). The van der Waals surface area contributed by atoms with Crippen molar-refractivity contribution in [2.24, 2.45) is 0 Å². The van der Waals surface area contributed by atoms with Crippen molar-refractivity contribution >= 4 is 5.97 Å². The van der Waals surface area contributed by atoms with E-state index in [1.54, 1.807) is 12.1 Å². The maximum atomic E-state index is 10.6. The second-order valence-corrected chi connectivity index (χ2v) is 5.54. The zero-order chi connectivity index (χ0) is 15.2. The van der Waals surface area contributed by atoms with E-state index in [1.807, 2.05) is 12.1 Å². The van der Waals surface area contributed by atoms with Gasteiger partial charge in [-0.05, 0) is 24.1 Å². The van der Waals surface area contributed by atoms with Crippen LogP contribution in [0.25, 0.3) is 0 Å². The van der Waals surface area contributed by atoms with Crippen LogP contribution < -0.4 is 0 Å². The van der Waals surface area contributed by atoms with Crippen molar-refractivity contribution in [1.82, 2.24) is 9.80 Å². The highest BCUT2D eigenvalue weighted by molar-refractivity contribution is 5.66. The van der Waals surface area contributed by atoms with Crippen molar-refractivity contribution in [3.8, 4) is 5.75 Å². The summed E-state index contributed by atoms with van der Waals surface area (Å²) in [5.74, 6) is -0.431. The van der Waals surface area contributed by atoms with Crippen LogP contribution in [-0.4, -0.2) is 58.7 Å². The first-order chi connectivity index (χ1) is 10.1. The number of phenolic OH excluding ortho intramolecular Hbond substituents is 1. The van der Waals surface area contributed by atoms with Gasteiger partial charge in [0.05, 0.1) is 6.42 Å². The molecule has 1 aromatic rings. The van der Waals surface area contributed by atoms with Crippen molar-refractivity contribution < 1.29 is 15.0 Å². The largest absolute Gasteiger partial charge is 0.508 e. The number of benzene rings is 1. The predicted molar refractivity (Wildman–Crippen MR) is 81.4 cm³/mol. The Bertz CT molecular complexity index is 453. The molecule has 0 radical (unpaired) electrons. The molecule has 1 aliphatic heterocycles. The molecule has 0 amide bonds. The monoisotopic (exact) mass is 292 g/mol. The number of hydrogen-bond donors (Lipinski definition) is 2. The van der Waals surface area contributed by atoms with E-state index >= 15 is 0 Å². The third-order valence-electron chi connectivity index (χ3n) is 4.15. The molecule has 0 bridgehead atoms. The lowest BCUT2D eigenvalue weighted by molar-refractivity contribution is -0.137. The van der Waals surface area contributed by atoms with Gasteiger partial charge in [0, 0.05) is 38.8 Å². The van der Waals surface area contributed by atoms with Crippen LogP contribution in [0, 0.1) is 0 Å². The van der Waals surface area contributed by atoms with Gasteiger partial charge < -0.3 is 15.1 Å². The Morgan fingerprint density at radius 3 is 2.33 bits per heavy atom. The number of carbonyl (C=O) groups is 1. The van der Waals surface area contributed by atoms with Crippen LogP contribution in [0.2, 0.25) is 0 Å². The Labute approximate surface area is 125 Å². The van der Waals surface area contributed by atoms with Crippen LogP contribution in [0.5, 0.6) is 5.75 Å². The van der Waals surface area contributed by atoms with E-state index in [2.05, 4.69) is 16.7 Å². The first-order valence-electron chi connectivity index (χ1n) is 7.57. The minimum atomic E-state index is -0.729. The molecule has 1 saturated heterocycles. The average Bonchev–Trinajstić information content (AvgIpc) is 2.49. The zero-order valence-electron chi connectivity index (χ0n) is 12.5. The van der Waals surface area contributed by atoms with Crippen molar-refractivity contribution in [1.29, 1.82) is 0 Å². The summed E-state index contributed by atoms with van der Waals surface area (Å²) in [6, 6.07) is 7.82. The number of hydrogen-bond acceptors (Lipinski definition) is 4. The van der Waals surface area contributed by atoms with Crippen LogP contribution in [0.1, 0.15) is 31.4 Å². The number of aromatic hydroxyl groups is 1. The molecule has 116 valence electrons. The zero-order valence-corrected chi connectivity index (χ0v) is 12.5. The molecule has 1 atom stereocenters. The van der Waals surface area contributed by atoms with Gasteiger partial charge in [0.15, 0.2) is 0 Å². The molecule has 1 aromatic carbocycles. The van der Waals surface area contributed by atoms with E-state index in [-0.39, 0.29) is 6.42 Å². The number of nitrogens with zero attached hydrogens (tertiary/aromatic N) is 2. The van der Waals surface area contributed by atoms with Crippen LogP contribution >= 0.6 is 0 Å². The summed E-state index contributed by atoms with van der Waals surface area (Å²) in [6.45, 7) is 6.56. The van der Waals surface area contributed by atoms with Gasteiger partial charge >= 0.3 is 5.97 Å². The Morgan fingerprint density at radius 1 is 1.19 bits per heavy atom. The fraction of sp³-hybridized carbons (Fsp3) is 0.562. The van der Waals surface area contributed by atoms with Crippen molar-refractivity contribution in [3.63, 3.8) is 0 Å². The number of phenols is 1. The molecule has 0 aromatic heterocycles. The highest BCUT2D eigenvalue weighted by atomic mass is 16.4. The van der Waals surface area contributed by atoms with E-state index in [0.29, 0.717) is 18.3 Å². The fourth-order valence-corrected chi connectivity index (χ4v) is 2.95. The molecule has 0 spiro atoms. The average molecular weight is 292 g/mol. The van der Waals surface area contributed by atoms with E-state index in [9.17, 15) is 9.90 Å². The van der Waals surface area contributed by atoms with Gasteiger partial charge in [0.25, 0.3) is 0 Å². The lowest BCUT2D eigenvalue weighted by Crippen LogP contribution is -2.47. The smallest absolute Gasteiger partial charge is 0.304 e. The molecule has 5 nitrogen and oxygen atoms in total. The maximum Gasteiger partial charge on any atom is 0.304 e. The predicted octanol–water partition coefficient (Wildman–Crippen LogP) is 1.94. The molecule has 2 N–H and O–H groups in total.